The molecule has 0 aliphatic heterocycles. The molecule has 0 radical (unpaired) electrons. The Morgan fingerprint density at radius 3 is 2.67 bits per heavy atom. The molecule has 2 atom stereocenters. The van der Waals surface area contributed by atoms with Gasteiger partial charge >= 0.3 is 0 Å². The van der Waals surface area contributed by atoms with E-state index in [-0.39, 0.29) is 12.0 Å². The van der Waals surface area contributed by atoms with E-state index in [1.165, 1.54) is 25.7 Å². The lowest BCUT2D eigenvalue weighted by Crippen LogP contribution is -2.30. The largest absolute Gasteiger partial charge is 0.391 e. The van der Waals surface area contributed by atoms with E-state index in [1.807, 2.05) is 11.3 Å². The van der Waals surface area contributed by atoms with Crippen LogP contribution >= 0.6 is 11.3 Å². The molecule has 1 aromatic heterocycles. The minimum atomic E-state index is -0.354. The van der Waals surface area contributed by atoms with Gasteiger partial charge in [0.2, 0.25) is 0 Å². The number of thiophene rings is 1. The zero-order valence-electron chi connectivity index (χ0n) is 12.5. The average Bonchev–Trinajstić information content (AvgIpc) is 2.89. The average molecular weight is 299 g/mol. The van der Waals surface area contributed by atoms with Crippen molar-refractivity contribution < 1.29 is 5.11 Å². The number of benzene rings is 2. The lowest BCUT2D eigenvalue weighted by atomic mass is 9.94. The molecule has 2 N–H and O–H groups in total. The number of fused-ring (bicyclic) bond motifs is 3. The molecule has 0 fully saturated rings. The van der Waals surface area contributed by atoms with Crippen LogP contribution in [0.2, 0.25) is 0 Å². The first-order chi connectivity index (χ1) is 10.2. The molecule has 2 unspecified atom stereocenters. The van der Waals surface area contributed by atoms with Crippen LogP contribution in [0.4, 0.5) is 0 Å². The van der Waals surface area contributed by atoms with Gasteiger partial charge in [-0.2, -0.15) is 0 Å². The minimum absolute atomic E-state index is 0.132. The van der Waals surface area contributed by atoms with Crippen molar-refractivity contribution in [3.8, 4) is 0 Å². The Kier molecular flexibility index (Phi) is 4.24. The molecule has 0 bridgehead atoms. The van der Waals surface area contributed by atoms with Crippen molar-refractivity contribution in [2.75, 3.05) is 13.1 Å². The van der Waals surface area contributed by atoms with Gasteiger partial charge in [-0.25, -0.2) is 0 Å². The Labute approximate surface area is 129 Å². The number of hydrogen-bond donors (Lipinski definition) is 2. The summed E-state index contributed by atoms with van der Waals surface area (Å²) in [5.74, 6) is 0.132. The minimum Gasteiger partial charge on any atom is -0.391 e. The van der Waals surface area contributed by atoms with Gasteiger partial charge in [-0.05, 0) is 30.3 Å². The van der Waals surface area contributed by atoms with Crippen LogP contribution in [0.5, 0.6) is 0 Å². The molecule has 1 heterocycles. The molecule has 2 nitrogen and oxygen atoms in total. The second-order valence-electron chi connectivity index (χ2n) is 5.52. The third kappa shape index (κ3) is 2.82. The Bertz CT molecular complexity index is 749. The fourth-order valence-electron chi connectivity index (χ4n) is 2.72. The van der Waals surface area contributed by atoms with Crippen molar-refractivity contribution in [3.63, 3.8) is 0 Å². The summed E-state index contributed by atoms with van der Waals surface area (Å²) in [7, 11) is 0. The first kappa shape index (κ1) is 14.5. The van der Waals surface area contributed by atoms with Crippen molar-refractivity contribution in [1.29, 1.82) is 0 Å². The summed E-state index contributed by atoms with van der Waals surface area (Å²) >= 11 is 1.83. The lowest BCUT2D eigenvalue weighted by Gasteiger charge is -2.19. The third-order valence-electron chi connectivity index (χ3n) is 4.11. The summed E-state index contributed by atoms with van der Waals surface area (Å²) in [4.78, 5) is 0. The predicted molar refractivity (Wildman–Crippen MR) is 92.3 cm³/mol. The van der Waals surface area contributed by atoms with Crippen LogP contribution in [0.1, 0.15) is 25.3 Å². The van der Waals surface area contributed by atoms with Crippen molar-refractivity contribution >= 4 is 31.5 Å². The van der Waals surface area contributed by atoms with E-state index in [2.05, 4.69) is 61.6 Å². The number of aliphatic hydroxyl groups is 1. The van der Waals surface area contributed by atoms with E-state index in [4.69, 9.17) is 0 Å². The van der Waals surface area contributed by atoms with Gasteiger partial charge in [0.05, 0.1) is 6.10 Å². The zero-order chi connectivity index (χ0) is 14.8. The Hall–Kier alpha value is -1.42. The third-order valence-corrected chi connectivity index (χ3v) is 5.26. The van der Waals surface area contributed by atoms with Gasteiger partial charge in [0, 0.05) is 32.6 Å². The molecular formula is C18H21NOS. The molecule has 0 aliphatic carbocycles. The highest BCUT2D eigenvalue weighted by Crippen LogP contribution is 2.35. The Morgan fingerprint density at radius 2 is 1.86 bits per heavy atom. The first-order valence-corrected chi connectivity index (χ1v) is 8.32. The smallest absolute Gasteiger partial charge is 0.0730 e. The molecule has 0 aliphatic rings. The van der Waals surface area contributed by atoms with Crippen LogP contribution in [0.25, 0.3) is 20.2 Å². The molecule has 110 valence electrons. The summed E-state index contributed by atoms with van der Waals surface area (Å²) in [5, 5.41) is 16.1. The molecule has 0 saturated carbocycles. The van der Waals surface area contributed by atoms with Gasteiger partial charge in [0.1, 0.15) is 0 Å². The number of nitrogens with one attached hydrogen (secondary N) is 1. The highest BCUT2D eigenvalue weighted by Gasteiger charge is 2.17. The summed E-state index contributed by atoms with van der Waals surface area (Å²) in [6.07, 6.45) is -0.354. The van der Waals surface area contributed by atoms with Crippen LogP contribution in [0.15, 0.2) is 42.5 Å². The molecule has 2 aromatic carbocycles. The molecular weight excluding hydrogens is 278 g/mol. The Balaban J connectivity index is 1.98. The quantitative estimate of drug-likeness (QED) is 0.742. The van der Waals surface area contributed by atoms with E-state index < -0.39 is 0 Å². The second kappa shape index (κ2) is 6.14. The maximum Gasteiger partial charge on any atom is 0.0730 e. The highest BCUT2D eigenvalue weighted by atomic mass is 32.1. The number of rotatable bonds is 5. The van der Waals surface area contributed by atoms with Crippen LogP contribution in [0, 0.1) is 0 Å². The highest BCUT2D eigenvalue weighted by molar-refractivity contribution is 7.25. The SMILES string of the molecule is CCNCC(O)C(C)c1ccc2sc3ccccc3c2c1. The number of hydrogen-bond acceptors (Lipinski definition) is 3. The van der Waals surface area contributed by atoms with E-state index >= 15 is 0 Å². The molecule has 0 saturated heterocycles. The molecule has 3 heteroatoms. The normalized spacial score (nSPS) is 14.6. The standard InChI is InChI=1S/C18H21NOS/c1-3-19-11-16(20)12(2)13-8-9-18-15(10-13)14-6-4-5-7-17(14)21-18/h4-10,12,16,19-20H,3,11H2,1-2H3. The van der Waals surface area contributed by atoms with Crippen LogP contribution in [0.3, 0.4) is 0 Å². The molecule has 3 rings (SSSR count). The summed E-state index contributed by atoms with van der Waals surface area (Å²) in [6.45, 7) is 5.68. The van der Waals surface area contributed by atoms with Crippen molar-refractivity contribution in [1.82, 2.24) is 5.32 Å². The van der Waals surface area contributed by atoms with Gasteiger partial charge in [-0.15, -0.1) is 11.3 Å². The maximum atomic E-state index is 10.3. The van der Waals surface area contributed by atoms with Gasteiger partial charge < -0.3 is 10.4 Å². The molecule has 0 spiro atoms. The Morgan fingerprint density at radius 1 is 1.10 bits per heavy atom. The summed E-state index contributed by atoms with van der Waals surface area (Å²) in [5.41, 5.74) is 1.21. The van der Waals surface area contributed by atoms with Crippen LogP contribution < -0.4 is 5.32 Å². The van der Waals surface area contributed by atoms with Gasteiger partial charge in [0.25, 0.3) is 0 Å². The van der Waals surface area contributed by atoms with Gasteiger partial charge in [0.15, 0.2) is 0 Å². The fourth-order valence-corrected chi connectivity index (χ4v) is 3.80. The maximum absolute atomic E-state index is 10.3. The van der Waals surface area contributed by atoms with E-state index in [0.717, 1.165) is 6.54 Å². The summed E-state index contributed by atoms with van der Waals surface area (Å²) in [6, 6.07) is 15.1. The van der Waals surface area contributed by atoms with Crippen molar-refractivity contribution in [2.24, 2.45) is 0 Å². The first-order valence-electron chi connectivity index (χ1n) is 7.50. The topological polar surface area (TPSA) is 32.3 Å². The molecule has 0 amide bonds. The lowest BCUT2D eigenvalue weighted by molar-refractivity contribution is 0.147. The van der Waals surface area contributed by atoms with Gasteiger partial charge in [-0.1, -0.05) is 38.1 Å². The molecule has 3 aromatic rings. The summed E-state index contributed by atoms with van der Waals surface area (Å²) < 4.78 is 2.64. The number of likely N-dealkylation sites (N-methyl/N-ethyl adjacent to an activating group) is 1. The monoisotopic (exact) mass is 299 g/mol. The number of aliphatic hydroxyl groups excluding tert-OH is 1. The van der Waals surface area contributed by atoms with Crippen LogP contribution in [-0.4, -0.2) is 24.3 Å². The van der Waals surface area contributed by atoms with Gasteiger partial charge in [-0.3, -0.25) is 0 Å². The fraction of sp³-hybridized carbons (Fsp3) is 0.333. The van der Waals surface area contributed by atoms with E-state index in [0.29, 0.717) is 6.54 Å². The molecule has 21 heavy (non-hydrogen) atoms. The zero-order valence-corrected chi connectivity index (χ0v) is 13.3. The van der Waals surface area contributed by atoms with Crippen molar-refractivity contribution in [2.45, 2.75) is 25.9 Å². The van der Waals surface area contributed by atoms with E-state index in [1.54, 1.807) is 0 Å². The van der Waals surface area contributed by atoms with Crippen LogP contribution in [-0.2, 0) is 0 Å². The predicted octanol–water partition coefficient (Wildman–Crippen LogP) is 4.13. The van der Waals surface area contributed by atoms with Crippen molar-refractivity contribution in [3.05, 3.63) is 48.0 Å². The second-order valence-corrected chi connectivity index (χ2v) is 6.60. The van der Waals surface area contributed by atoms with E-state index in [9.17, 15) is 5.11 Å².